The molecule has 1 amide bonds. The maximum absolute atomic E-state index is 12.5. The van der Waals surface area contributed by atoms with E-state index < -0.39 is 28.3 Å². The fourth-order valence-corrected chi connectivity index (χ4v) is 5.32. The van der Waals surface area contributed by atoms with E-state index in [1.807, 2.05) is 6.92 Å². The molecule has 0 unspecified atom stereocenters. The van der Waals surface area contributed by atoms with Crippen molar-refractivity contribution in [2.45, 2.75) is 33.2 Å². The molecule has 29 heavy (non-hydrogen) atoms. The number of carbonyl (C=O) groups is 2. The summed E-state index contributed by atoms with van der Waals surface area (Å²) >= 11 is 0. The number of fused-ring (bicyclic) bond motifs is 1. The quantitative estimate of drug-likeness (QED) is 0.630. The van der Waals surface area contributed by atoms with E-state index in [1.165, 1.54) is 4.90 Å². The van der Waals surface area contributed by atoms with Crippen LogP contribution in [0.3, 0.4) is 0 Å². The van der Waals surface area contributed by atoms with Crippen molar-refractivity contribution in [3.8, 4) is 5.75 Å². The topological polar surface area (TPSA) is 103 Å². The molecule has 2 aromatic rings. The van der Waals surface area contributed by atoms with E-state index in [0.29, 0.717) is 36.5 Å². The van der Waals surface area contributed by atoms with Gasteiger partial charge in [0.25, 0.3) is 5.91 Å². The van der Waals surface area contributed by atoms with Gasteiger partial charge in [-0.3, -0.25) is 4.79 Å². The molecule has 1 atom stereocenters. The van der Waals surface area contributed by atoms with E-state index >= 15 is 0 Å². The molecule has 1 fully saturated rings. The van der Waals surface area contributed by atoms with Gasteiger partial charge < -0.3 is 18.8 Å². The highest BCUT2D eigenvalue weighted by Crippen LogP contribution is 2.29. The molecule has 0 N–H and O–H groups in total. The number of nitrogens with zero attached hydrogens (tertiary/aromatic N) is 1. The van der Waals surface area contributed by atoms with Crippen LogP contribution >= 0.6 is 0 Å². The third kappa shape index (κ3) is 4.55. The molecule has 158 valence electrons. The SMILES string of the molecule is CCOc1ccc2oc(C(=O)OCC(=O)N(CC)[C@H]3CCS(=O)(=O)C3)c(C)c2c1. The van der Waals surface area contributed by atoms with E-state index in [1.54, 1.807) is 32.0 Å². The van der Waals surface area contributed by atoms with Crippen LogP contribution in [0.1, 0.15) is 36.4 Å². The van der Waals surface area contributed by atoms with Gasteiger partial charge >= 0.3 is 5.97 Å². The minimum absolute atomic E-state index is 0.0351. The van der Waals surface area contributed by atoms with E-state index in [9.17, 15) is 18.0 Å². The third-order valence-electron chi connectivity index (χ3n) is 5.04. The number of esters is 1. The second kappa shape index (κ2) is 8.44. The minimum atomic E-state index is -3.11. The number of hydrogen-bond donors (Lipinski definition) is 0. The van der Waals surface area contributed by atoms with Crippen LogP contribution in [0, 0.1) is 6.92 Å². The first kappa shape index (κ1) is 21.2. The molecule has 1 aliphatic rings. The molecular weight excluding hydrogens is 398 g/mol. The number of likely N-dealkylation sites (N-methyl/N-ethyl adjacent to an activating group) is 1. The number of carbonyl (C=O) groups excluding carboxylic acids is 2. The molecule has 1 aliphatic heterocycles. The Morgan fingerprint density at radius 3 is 2.66 bits per heavy atom. The lowest BCUT2D eigenvalue weighted by Crippen LogP contribution is -2.43. The molecule has 0 spiro atoms. The smallest absolute Gasteiger partial charge is 0.375 e. The normalized spacial score (nSPS) is 18.0. The van der Waals surface area contributed by atoms with Crippen LogP contribution in [0.2, 0.25) is 0 Å². The zero-order valence-electron chi connectivity index (χ0n) is 16.8. The van der Waals surface area contributed by atoms with E-state index in [2.05, 4.69) is 0 Å². The Balaban J connectivity index is 1.68. The molecule has 0 saturated carbocycles. The van der Waals surface area contributed by atoms with Gasteiger partial charge in [-0.05, 0) is 45.4 Å². The third-order valence-corrected chi connectivity index (χ3v) is 6.79. The summed E-state index contributed by atoms with van der Waals surface area (Å²) in [7, 11) is -3.11. The molecule has 1 aromatic carbocycles. The molecule has 0 radical (unpaired) electrons. The van der Waals surface area contributed by atoms with Crippen molar-refractivity contribution in [3.05, 3.63) is 29.5 Å². The average Bonchev–Trinajstić information content (AvgIpc) is 3.20. The number of amides is 1. The molecule has 8 nitrogen and oxygen atoms in total. The summed E-state index contributed by atoms with van der Waals surface area (Å²) in [6.45, 7) is 5.79. The predicted octanol–water partition coefficient (Wildman–Crippen LogP) is 2.33. The Labute approximate surface area is 169 Å². The van der Waals surface area contributed by atoms with Crippen LogP contribution < -0.4 is 4.74 Å². The predicted molar refractivity (Wildman–Crippen MR) is 107 cm³/mol. The van der Waals surface area contributed by atoms with Crippen LogP contribution in [0.4, 0.5) is 0 Å². The first-order valence-electron chi connectivity index (χ1n) is 9.58. The fraction of sp³-hybridized carbons (Fsp3) is 0.500. The summed E-state index contributed by atoms with van der Waals surface area (Å²) in [6.07, 6.45) is 0.403. The van der Waals surface area contributed by atoms with Gasteiger partial charge in [-0.2, -0.15) is 0 Å². The number of benzene rings is 1. The Morgan fingerprint density at radius 2 is 2.03 bits per heavy atom. The summed E-state index contributed by atoms with van der Waals surface area (Å²) in [6, 6.07) is 4.89. The van der Waals surface area contributed by atoms with Gasteiger partial charge in [-0.15, -0.1) is 0 Å². The van der Waals surface area contributed by atoms with Gasteiger partial charge in [0, 0.05) is 23.5 Å². The van der Waals surface area contributed by atoms with Crippen molar-refractivity contribution < 1.29 is 31.9 Å². The number of rotatable bonds is 7. The number of sulfone groups is 1. The van der Waals surface area contributed by atoms with Crippen LogP contribution in [0.15, 0.2) is 22.6 Å². The van der Waals surface area contributed by atoms with Crippen molar-refractivity contribution in [2.75, 3.05) is 31.3 Å². The lowest BCUT2D eigenvalue weighted by atomic mass is 10.1. The van der Waals surface area contributed by atoms with Crippen LogP contribution in [0.25, 0.3) is 11.0 Å². The van der Waals surface area contributed by atoms with Gasteiger partial charge in [0.15, 0.2) is 16.4 Å². The Bertz CT molecular complexity index is 1020. The highest BCUT2D eigenvalue weighted by molar-refractivity contribution is 7.91. The fourth-order valence-electron chi connectivity index (χ4n) is 3.59. The molecule has 2 heterocycles. The molecule has 3 rings (SSSR count). The second-order valence-electron chi connectivity index (χ2n) is 6.96. The van der Waals surface area contributed by atoms with Gasteiger partial charge in [0.2, 0.25) is 5.76 Å². The van der Waals surface area contributed by atoms with Crippen molar-refractivity contribution in [2.24, 2.45) is 0 Å². The van der Waals surface area contributed by atoms with Crippen molar-refractivity contribution in [1.29, 1.82) is 0 Å². The van der Waals surface area contributed by atoms with Crippen LogP contribution in [0.5, 0.6) is 5.75 Å². The summed E-state index contributed by atoms with van der Waals surface area (Å²) in [4.78, 5) is 26.4. The maximum Gasteiger partial charge on any atom is 0.375 e. The zero-order valence-corrected chi connectivity index (χ0v) is 17.6. The van der Waals surface area contributed by atoms with Gasteiger partial charge in [0.05, 0.1) is 18.1 Å². The Kier molecular flexibility index (Phi) is 6.16. The van der Waals surface area contributed by atoms with Gasteiger partial charge in [-0.1, -0.05) is 0 Å². The molecule has 1 saturated heterocycles. The van der Waals surface area contributed by atoms with Crippen LogP contribution in [-0.2, 0) is 19.4 Å². The second-order valence-corrected chi connectivity index (χ2v) is 9.19. The Hall–Kier alpha value is -2.55. The van der Waals surface area contributed by atoms with Crippen molar-refractivity contribution in [3.63, 3.8) is 0 Å². The summed E-state index contributed by atoms with van der Waals surface area (Å²) in [5, 5.41) is 0.737. The molecular formula is C20H25NO7S. The van der Waals surface area contributed by atoms with E-state index in [4.69, 9.17) is 13.9 Å². The monoisotopic (exact) mass is 423 g/mol. The summed E-state index contributed by atoms with van der Waals surface area (Å²) in [5.41, 5.74) is 1.13. The van der Waals surface area contributed by atoms with E-state index in [-0.39, 0.29) is 23.3 Å². The van der Waals surface area contributed by atoms with Gasteiger partial charge in [-0.25, -0.2) is 13.2 Å². The van der Waals surface area contributed by atoms with Crippen molar-refractivity contribution in [1.82, 2.24) is 4.90 Å². The minimum Gasteiger partial charge on any atom is -0.494 e. The van der Waals surface area contributed by atoms with Crippen molar-refractivity contribution >= 4 is 32.7 Å². The maximum atomic E-state index is 12.5. The number of aryl methyl sites for hydroxylation is 1. The lowest BCUT2D eigenvalue weighted by Gasteiger charge is -2.26. The largest absolute Gasteiger partial charge is 0.494 e. The molecule has 9 heteroatoms. The zero-order chi connectivity index (χ0) is 21.2. The highest BCUT2D eigenvalue weighted by Gasteiger charge is 2.34. The molecule has 0 bridgehead atoms. The molecule has 1 aromatic heterocycles. The first-order valence-corrected chi connectivity index (χ1v) is 11.4. The highest BCUT2D eigenvalue weighted by atomic mass is 32.2. The number of ether oxygens (including phenoxy) is 2. The average molecular weight is 423 g/mol. The van der Waals surface area contributed by atoms with E-state index in [0.717, 1.165) is 5.39 Å². The summed E-state index contributed by atoms with van der Waals surface area (Å²) in [5.74, 6) is -0.429. The van der Waals surface area contributed by atoms with Gasteiger partial charge in [0.1, 0.15) is 11.3 Å². The number of hydrogen-bond acceptors (Lipinski definition) is 7. The Morgan fingerprint density at radius 1 is 1.28 bits per heavy atom. The van der Waals surface area contributed by atoms with Crippen LogP contribution in [-0.4, -0.2) is 62.5 Å². The summed E-state index contributed by atoms with van der Waals surface area (Å²) < 4.78 is 39.6. The number of furan rings is 1. The lowest BCUT2D eigenvalue weighted by molar-refractivity contribution is -0.136. The first-order chi connectivity index (χ1) is 13.8. The standard InChI is InChI=1S/C20H25NO7S/c1-4-21(14-8-9-29(24,25)12-14)18(22)11-27-20(23)19-13(3)16-10-15(26-5-2)6-7-17(16)28-19/h6-7,10,14H,4-5,8-9,11-12H2,1-3H3/t14-/m0/s1. The molecule has 0 aliphatic carbocycles.